The highest BCUT2D eigenvalue weighted by Crippen LogP contribution is 2.34. The smallest absolute Gasteiger partial charge is 0.231 e. The van der Waals surface area contributed by atoms with Gasteiger partial charge >= 0.3 is 0 Å². The molecular weight excluding hydrogens is 408 g/mol. The Labute approximate surface area is 176 Å². The predicted octanol–water partition coefficient (Wildman–Crippen LogP) is 4.29. The first kappa shape index (κ1) is 19.5. The quantitative estimate of drug-likeness (QED) is 0.543. The largest absolute Gasteiger partial charge is 0.454 e. The number of anilines is 2. The van der Waals surface area contributed by atoms with Gasteiger partial charge in [0.15, 0.2) is 15.8 Å². The number of nitrogens with zero attached hydrogens (tertiary/aromatic N) is 2. The lowest BCUT2D eigenvalue weighted by molar-refractivity contribution is -0.119. The first-order valence-electron chi connectivity index (χ1n) is 9.06. The van der Waals surface area contributed by atoms with Crippen LogP contribution < -0.4 is 20.1 Å². The van der Waals surface area contributed by atoms with Gasteiger partial charge in [0.05, 0.1) is 11.8 Å². The molecule has 1 aromatic heterocycles. The number of aromatic nitrogens is 2. The molecule has 2 aromatic carbocycles. The van der Waals surface area contributed by atoms with Gasteiger partial charge in [0.25, 0.3) is 0 Å². The van der Waals surface area contributed by atoms with Crippen molar-refractivity contribution in [3.05, 3.63) is 53.6 Å². The fraction of sp³-hybridized carbons (Fsp3) is 0.250. The molecule has 1 aliphatic rings. The number of amides is 1. The Bertz CT molecular complexity index is 1020. The summed E-state index contributed by atoms with van der Waals surface area (Å²) in [6.07, 6.45) is 0. The van der Waals surface area contributed by atoms with Crippen LogP contribution in [-0.4, -0.2) is 28.7 Å². The van der Waals surface area contributed by atoms with Crippen molar-refractivity contribution in [2.24, 2.45) is 0 Å². The highest BCUT2D eigenvalue weighted by molar-refractivity contribution is 8.01. The second-order valence-corrected chi connectivity index (χ2v) is 8.76. The van der Waals surface area contributed by atoms with Gasteiger partial charge in [-0.2, -0.15) is 0 Å². The maximum atomic E-state index is 12.3. The molecule has 2 heterocycles. The molecule has 0 aliphatic carbocycles. The average molecular weight is 429 g/mol. The van der Waals surface area contributed by atoms with Crippen LogP contribution in [-0.2, 0) is 4.79 Å². The summed E-state index contributed by atoms with van der Waals surface area (Å²) >= 11 is 2.79. The Hall–Kier alpha value is -2.78. The first-order chi connectivity index (χ1) is 14.1. The lowest BCUT2D eigenvalue weighted by Crippen LogP contribution is -2.28. The van der Waals surface area contributed by atoms with E-state index in [0.29, 0.717) is 10.9 Å². The SMILES string of the molecule is Cc1cccc(Nc2nnc(SCC(=O)N[C@@H](C)c3ccc4c(c3)OCO4)s2)c1. The summed E-state index contributed by atoms with van der Waals surface area (Å²) in [5.74, 6) is 1.65. The molecule has 4 rings (SSSR count). The summed E-state index contributed by atoms with van der Waals surface area (Å²) in [5, 5.41) is 15.2. The van der Waals surface area contributed by atoms with Crippen LogP contribution in [0.25, 0.3) is 0 Å². The molecule has 0 saturated carbocycles. The van der Waals surface area contributed by atoms with E-state index in [-0.39, 0.29) is 24.5 Å². The van der Waals surface area contributed by atoms with E-state index in [9.17, 15) is 4.79 Å². The van der Waals surface area contributed by atoms with E-state index in [1.54, 1.807) is 0 Å². The van der Waals surface area contributed by atoms with Crippen molar-refractivity contribution in [1.29, 1.82) is 0 Å². The number of hydrogen-bond acceptors (Lipinski definition) is 8. The number of benzene rings is 2. The van der Waals surface area contributed by atoms with Crippen molar-refractivity contribution in [2.75, 3.05) is 17.9 Å². The third kappa shape index (κ3) is 4.99. The number of fused-ring (bicyclic) bond motifs is 1. The predicted molar refractivity (Wildman–Crippen MR) is 114 cm³/mol. The Balaban J connectivity index is 1.28. The summed E-state index contributed by atoms with van der Waals surface area (Å²) in [7, 11) is 0. The van der Waals surface area contributed by atoms with E-state index in [2.05, 4.69) is 20.8 Å². The summed E-state index contributed by atoms with van der Waals surface area (Å²) in [5.41, 5.74) is 3.10. The van der Waals surface area contributed by atoms with E-state index in [1.807, 2.05) is 56.3 Å². The van der Waals surface area contributed by atoms with E-state index in [0.717, 1.165) is 21.3 Å². The minimum Gasteiger partial charge on any atom is -0.454 e. The topological polar surface area (TPSA) is 85.4 Å². The minimum absolute atomic E-state index is 0.0661. The first-order valence-corrected chi connectivity index (χ1v) is 10.9. The third-order valence-electron chi connectivity index (χ3n) is 4.28. The Kier molecular flexibility index (Phi) is 5.86. The van der Waals surface area contributed by atoms with Crippen LogP contribution in [0.15, 0.2) is 46.8 Å². The number of hydrogen-bond donors (Lipinski definition) is 2. The van der Waals surface area contributed by atoms with Crippen LogP contribution >= 0.6 is 23.1 Å². The zero-order chi connectivity index (χ0) is 20.2. The number of rotatable bonds is 7. The lowest BCUT2D eigenvalue weighted by atomic mass is 10.1. The van der Waals surface area contributed by atoms with Crippen LogP contribution in [0.3, 0.4) is 0 Å². The summed E-state index contributed by atoms with van der Waals surface area (Å²) < 4.78 is 11.5. The van der Waals surface area contributed by atoms with E-state index in [1.165, 1.54) is 28.7 Å². The highest BCUT2D eigenvalue weighted by Gasteiger charge is 2.17. The molecule has 1 atom stereocenters. The second kappa shape index (κ2) is 8.71. The molecule has 0 radical (unpaired) electrons. The standard InChI is InChI=1S/C20H20N4O3S2/c1-12-4-3-5-15(8-12)22-19-23-24-20(29-19)28-10-18(25)21-13(2)14-6-7-16-17(9-14)27-11-26-16/h3-9,13H,10-11H2,1-2H3,(H,21,25)(H,22,23)/t13-/m0/s1. The zero-order valence-corrected chi connectivity index (χ0v) is 17.6. The maximum absolute atomic E-state index is 12.3. The van der Waals surface area contributed by atoms with Crippen molar-refractivity contribution in [3.8, 4) is 11.5 Å². The van der Waals surface area contributed by atoms with Crippen molar-refractivity contribution in [2.45, 2.75) is 24.2 Å². The van der Waals surface area contributed by atoms with Crippen molar-refractivity contribution < 1.29 is 14.3 Å². The Morgan fingerprint density at radius 2 is 2.07 bits per heavy atom. The molecule has 0 bridgehead atoms. The molecule has 1 amide bonds. The van der Waals surface area contributed by atoms with Gasteiger partial charge < -0.3 is 20.1 Å². The molecule has 29 heavy (non-hydrogen) atoms. The van der Waals surface area contributed by atoms with E-state index < -0.39 is 0 Å². The van der Waals surface area contributed by atoms with Gasteiger partial charge in [-0.15, -0.1) is 10.2 Å². The number of aryl methyl sites for hydroxylation is 1. The lowest BCUT2D eigenvalue weighted by Gasteiger charge is -2.14. The molecule has 7 nitrogen and oxygen atoms in total. The molecule has 0 fully saturated rings. The van der Waals surface area contributed by atoms with E-state index >= 15 is 0 Å². The molecule has 0 unspecified atom stereocenters. The number of carbonyl (C=O) groups excluding carboxylic acids is 1. The fourth-order valence-electron chi connectivity index (χ4n) is 2.84. The number of carbonyl (C=O) groups is 1. The molecule has 9 heteroatoms. The third-order valence-corrected chi connectivity index (χ3v) is 6.25. The van der Waals surface area contributed by atoms with Gasteiger partial charge in [-0.25, -0.2) is 0 Å². The maximum Gasteiger partial charge on any atom is 0.231 e. The highest BCUT2D eigenvalue weighted by atomic mass is 32.2. The van der Waals surface area contributed by atoms with Crippen LogP contribution in [0.2, 0.25) is 0 Å². The number of ether oxygens (including phenoxy) is 2. The van der Waals surface area contributed by atoms with Gasteiger partial charge in [-0.05, 0) is 49.2 Å². The molecule has 0 saturated heterocycles. The van der Waals surface area contributed by atoms with Crippen molar-refractivity contribution in [1.82, 2.24) is 15.5 Å². The van der Waals surface area contributed by atoms with Gasteiger partial charge in [0, 0.05) is 5.69 Å². The van der Waals surface area contributed by atoms with Gasteiger partial charge in [0.1, 0.15) is 0 Å². The number of thioether (sulfide) groups is 1. The Morgan fingerprint density at radius 3 is 2.93 bits per heavy atom. The minimum atomic E-state index is -0.134. The molecule has 1 aliphatic heterocycles. The zero-order valence-electron chi connectivity index (χ0n) is 16.0. The average Bonchev–Trinajstić information content (AvgIpc) is 3.35. The fourth-order valence-corrected chi connectivity index (χ4v) is 4.42. The number of nitrogens with one attached hydrogen (secondary N) is 2. The second-order valence-electron chi connectivity index (χ2n) is 6.56. The van der Waals surface area contributed by atoms with Crippen LogP contribution in [0.5, 0.6) is 11.5 Å². The molecule has 150 valence electrons. The monoisotopic (exact) mass is 428 g/mol. The normalized spacial score (nSPS) is 13.2. The van der Waals surface area contributed by atoms with Crippen molar-refractivity contribution >= 4 is 39.8 Å². The van der Waals surface area contributed by atoms with Crippen molar-refractivity contribution in [3.63, 3.8) is 0 Å². The molecule has 0 spiro atoms. The summed E-state index contributed by atoms with van der Waals surface area (Å²) in [4.78, 5) is 12.3. The van der Waals surface area contributed by atoms with Gasteiger partial charge in [-0.1, -0.05) is 41.3 Å². The molecule has 2 N–H and O–H groups in total. The molecular formula is C20H20N4O3S2. The molecule has 3 aromatic rings. The van der Waals surface area contributed by atoms with Gasteiger partial charge in [-0.3, -0.25) is 4.79 Å². The van der Waals surface area contributed by atoms with Crippen LogP contribution in [0, 0.1) is 6.92 Å². The van der Waals surface area contributed by atoms with Crippen LogP contribution in [0.1, 0.15) is 24.1 Å². The summed E-state index contributed by atoms with van der Waals surface area (Å²) in [6.45, 7) is 4.21. The van der Waals surface area contributed by atoms with Gasteiger partial charge in [0.2, 0.25) is 17.8 Å². The Morgan fingerprint density at radius 1 is 1.21 bits per heavy atom. The van der Waals surface area contributed by atoms with E-state index in [4.69, 9.17) is 9.47 Å². The van der Waals surface area contributed by atoms with Crippen LogP contribution in [0.4, 0.5) is 10.8 Å². The summed E-state index contributed by atoms with van der Waals surface area (Å²) in [6, 6.07) is 13.6.